The Balaban J connectivity index is 2.19. The van der Waals surface area contributed by atoms with Crippen LogP contribution in [0.2, 0.25) is 10.2 Å². The zero-order valence-electron chi connectivity index (χ0n) is 9.58. The second-order valence-electron chi connectivity index (χ2n) is 3.54. The zero-order valence-corrected chi connectivity index (χ0v) is 11.1. The average Bonchev–Trinajstić information content (AvgIpc) is 2.84. The summed E-state index contributed by atoms with van der Waals surface area (Å²) in [5.74, 6) is 0.360. The van der Waals surface area contributed by atoms with Crippen molar-refractivity contribution in [1.82, 2.24) is 4.98 Å². The largest absolute Gasteiger partial charge is 0.463 e. The number of halogens is 5. The highest BCUT2D eigenvalue weighted by atomic mass is 35.5. The molecule has 1 N–H and O–H groups in total. The van der Waals surface area contributed by atoms with Crippen LogP contribution in [0, 0.1) is 0 Å². The third kappa shape index (κ3) is 3.43. The summed E-state index contributed by atoms with van der Waals surface area (Å²) < 4.78 is 42.6. The van der Waals surface area contributed by atoms with E-state index in [1.807, 2.05) is 0 Å². The summed E-state index contributed by atoms with van der Waals surface area (Å²) in [6, 6.07) is 3.98. The van der Waals surface area contributed by atoms with Crippen LogP contribution in [0.25, 0.3) is 0 Å². The average molecular weight is 324 g/mol. The Hall–Kier alpha value is -1.73. The van der Waals surface area contributed by atoms with E-state index in [4.69, 9.17) is 27.6 Å². The highest BCUT2D eigenvalue weighted by molar-refractivity contribution is 6.34. The van der Waals surface area contributed by atoms with E-state index in [2.05, 4.69) is 15.5 Å². The molecule has 20 heavy (non-hydrogen) atoms. The Bertz CT molecular complexity index is 627. The number of pyridine rings is 1. The molecular weight excluding hydrogens is 318 g/mol. The summed E-state index contributed by atoms with van der Waals surface area (Å²) >= 11 is 11.2. The van der Waals surface area contributed by atoms with Gasteiger partial charge in [-0.2, -0.15) is 18.3 Å². The van der Waals surface area contributed by atoms with Gasteiger partial charge in [-0.1, -0.05) is 23.2 Å². The first-order valence-electron chi connectivity index (χ1n) is 5.14. The first kappa shape index (κ1) is 14.7. The minimum absolute atomic E-state index is 0.0903. The topological polar surface area (TPSA) is 50.4 Å². The van der Waals surface area contributed by atoms with E-state index < -0.39 is 16.9 Å². The van der Waals surface area contributed by atoms with Crippen LogP contribution < -0.4 is 5.43 Å². The van der Waals surface area contributed by atoms with Crippen LogP contribution in [-0.2, 0) is 6.18 Å². The number of nitrogens with zero attached hydrogens (tertiary/aromatic N) is 2. The molecule has 0 aliphatic carbocycles. The van der Waals surface area contributed by atoms with Gasteiger partial charge < -0.3 is 4.42 Å². The van der Waals surface area contributed by atoms with Crippen LogP contribution in [0.3, 0.4) is 0 Å². The van der Waals surface area contributed by atoms with Crippen molar-refractivity contribution in [3.8, 4) is 0 Å². The maximum Gasteiger partial charge on any atom is 0.419 e. The quantitative estimate of drug-likeness (QED) is 0.516. The number of hydrazone groups is 1. The van der Waals surface area contributed by atoms with E-state index in [0.29, 0.717) is 11.8 Å². The van der Waals surface area contributed by atoms with Crippen molar-refractivity contribution in [2.45, 2.75) is 6.18 Å². The van der Waals surface area contributed by atoms with Gasteiger partial charge in [-0.15, -0.1) is 0 Å². The van der Waals surface area contributed by atoms with Gasteiger partial charge in [0.15, 0.2) is 5.82 Å². The number of anilines is 1. The molecule has 2 aromatic rings. The highest BCUT2D eigenvalue weighted by Gasteiger charge is 2.34. The van der Waals surface area contributed by atoms with Gasteiger partial charge in [0.05, 0.1) is 23.1 Å². The normalized spacial score (nSPS) is 12.1. The predicted octanol–water partition coefficient (Wildman–Crippen LogP) is 4.45. The van der Waals surface area contributed by atoms with Crippen LogP contribution in [-0.4, -0.2) is 11.2 Å². The van der Waals surface area contributed by atoms with Gasteiger partial charge in [0.1, 0.15) is 10.9 Å². The molecule has 0 radical (unpaired) electrons. The van der Waals surface area contributed by atoms with Crippen LogP contribution in [0.1, 0.15) is 11.3 Å². The summed E-state index contributed by atoms with van der Waals surface area (Å²) in [4.78, 5) is 3.52. The molecular formula is C11H6Cl2F3N3O. The van der Waals surface area contributed by atoms with E-state index in [0.717, 1.165) is 0 Å². The lowest BCUT2D eigenvalue weighted by molar-refractivity contribution is -0.137. The minimum Gasteiger partial charge on any atom is -0.463 e. The van der Waals surface area contributed by atoms with Crippen molar-refractivity contribution in [3.63, 3.8) is 0 Å². The van der Waals surface area contributed by atoms with Gasteiger partial charge in [0.2, 0.25) is 0 Å². The molecule has 0 saturated carbocycles. The Kier molecular flexibility index (Phi) is 4.20. The molecule has 2 heterocycles. The van der Waals surface area contributed by atoms with E-state index in [1.165, 1.54) is 12.5 Å². The molecule has 0 unspecified atom stereocenters. The van der Waals surface area contributed by atoms with Gasteiger partial charge in [0.25, 0.3) is 0 Å². The molecule has 2 rings (SSSR count). The number of hydrogen-bond acceptors (Lipinski definition) is 4. The maximum atomic E-state index is 12.6. The third-order valence-electron chi connectivity index (χ3n) is 2.14. The lowest BCUT2D eigenvalue weighted by Crippen LogP contribution is -2.08. The fourth-order valence-corrected chi connectivity index (χ4v) is 1.71. The van der Waals surface area contributed by atoms with Crippen molar-refractivity contribution in [1.29, 1.82) is 0 Å². The molecule has 2 aromatic heterocycles. The van der Waals surface area contributed by atoms with Crippen molar-refractivity contribution in [2.75, 3.05) is 5.43 Å². The number of nitrogens with one attached hydrogen (secondary N) is 1. The molecule has 0 aliphatic rings. The smallest absolute Gasteiger partial charge is 0.419 e. The first-order valence-corrected chi connectivity index (χ1v) is 5.89. The molecule has 0 fully saturated rings. The van der Waals surface area contributed by atoms with E-state index in [1.54, 1.807) is 12.1 Å². The van der Waals surface area contributed by atoms with E-state index >= 15 is 0 Å². The Labute approximate surface area is 121 Å². The molecule has 0 aliphatic heterocycles. The van der Waals surface area contributed by atoms with Gasteiger partial charge in [0, 0.05) is 0 Å². The molecule has 0 spiro atoms. The predicted molar refractivity (Wildman–Crippen MR) is 69.2 cm³/mol. The SMILES string of the molecule is FC(F)(F)c1cc(Cl)c(N/N=C/c2ccco2)nc1Cl. The Morgan fingerprint density at radius 1 is 1.35 bits per heavy atom. The van der Waals surface area contributed by atoms with Gasteiger partial charge in [-0.3, -0.25) is 5.43 Å². The van der Waals surface area contributed by atoms with Crippen molar-refractivity contribution < 1.29 is 17.6 Å². The number of furan rings is 1. The van der Waals surface area contributed by atoms with Gasteiger partial charge in [-0.05, 0) is 18.2 Å². The molecule has 0 amide bonds. The zero-order chi connectivity index (χ0) is 14.8. The molecule has 9 heteroatoms. The van der Waals surface area contributed by atoms with Gasteiger partial charge >= 0.3 is 6.18 Å². The molecule has 0 atom stereocenters. The number of aromatic nitrogens is 1. The van der Waals surface area contributed by atoms with E-state index in [-0.39, 0.29) is 10.8 Å². The number of alkyl halides is 3. The third-order valence-corrected chi connectivity index (χ3v) is 2.72. The monoisotopic (exact) mass is 323 g/mol. The fourth-order valence-electron chi connectivity index (χ4n) is 1.27. The summed E-state index contributed by atoms with van der Waals surface area (Å²) in [6.07, 6.45) is -1.87. The lowest BCUT2D eigenvalue weighted by Gasteiger charge is -2.10. The van der Waals surface area contributed by atoms with Gasteiger partial charge in [-0.25, -0.2) is 4.98 Å². The summed E-state index contributed by atoms with van der Waals surface area (Å²) in [6.45, 7) is 0. The second kappa shape index (κ2) is 5.72. The Morgan fingerprint density at radius 2 is 2.10 bits per heavy atom. The van der Waals surface area contributed by atoms with Crippen molar-refractivity contribution in [3.05, 3.63) is 46.0 Å². The maximum absolute atomic E-state index is 12.6. The summed E-state index contributed by atoms with van der Waals surface area (Å²) in [7, 11) is 0. The Morgan fingerprint density at radius 3 is 2.70 bits per heavy atom. The first-order chi connectivity index (χ1) is 9.38. The lowest BCUT2D eigenvalue weighted by atomic mass is 10.3. The molecule has 0 saturated heterocycles. The second-order valence-corrected chi connectivity index (χ2v) is 4.31. The summed E-state index contributed by atoms with van der Waals surface area (Å²) in [5, 5.41) is 2.76. The molecule has 0 bridgehead atoms. The number of rotatable bonds is 3. The molecule has 4 nitrogen and oxygen atoms in total. The minimum atomic E-state index is -4.62. The standard InChI is InChI=1S/C11H6Cl2F3N3O/c12-8-4-7(11(14,15)16)9(13)18-10(8)19-17-5-6-2-1-3-20-6/h1-5H,(H,18,19)/b17-5+. The molecule has 106 valence electrons. The van der Waals surface area contributed by atoms with Crippen molar-refractivity contribution in [2.24, 2.45) is 5.10 Å². The highest BCUT2D eigenvalue weighted by Crippen LogP contribution is 2.37. The summed E-state index contributed by atoms with van der Waals surface area (Å²) in [5.41, 5.74) is 1.28. The number of hydrogen-bond donors (Lipinski definition) is 1. The van der Waals surface area contributed by atoms with Crippen LogP contribution in [0.15, 0.2) is 34.0 Å². The molecule has 0 aromatic carbocycles. The van der Waals surface area contributed by atoms with Crippen LogP contribution in [0.5, 0.6) is 0 Å². The fraction of sp³-hybridized carbons (Fsp3) is 0.0909. The van der Waals surface area contributed by atoms with Crippen LogP contribution >= 0.6 is 23.2 Å². The van der Waals surface area contributed by atoms with Crippen LogP contribution in [0.4, 0.5) is 19.0 Å². The van der Waals surface area contributed by atoms with Crippen molar-refractivity contribution >= 4 is 35.2 Å². The van der Waals surface area contributed by atoms with E-state index in [9.17, 15) is 13.2 Å².